The molecule has 0 radical (unpaired) electrons. The molecule has 2 fully saturated rings. The van der Waals surface area contributed by atoms with E-state index >= 15 is 0 Å². The molecule has 0 amide bonds. The van der Waals surface area contributed by atoms with Crippen molar-refractivity contribution in [3.8, 4) is 0 Å². The molecule has 0 aromatic carbocycles. The summed E-state index contributed by atoms with van der Waals surface area (Å²) in [6.07, 6.45) is 1.29. The van der Waals surface area contributed by atoms with Gasteiger partial charge in [-0.25, -0.2) is 15.0 Å². The van der Waals surface area contributed by atoms with Gasteiger partial charge in [0.15, 0.2) is 17.7 Å². The lowest BCUT2D eigenvalue weighted by Gasteiger charge is -2.27. The first-order valence-electron chi connectivity index (χ1n) is 7.99. The Labute approximate surface area is 148 Å². The van der Waals surface area contributed by atoms with Crippen LogP contribution in [0, 0.1) is 5.41 Å². The molecule has 2 aliphatic rings. The molecule has 1 saturated carbocycles. The minimum Gasteiger partial charge on any atom is -0.383 e. The third kappa shape index (κ3) is 1.86. The van der Waals surface area contributed by atoms with Crippen molar-refractivity contribution in [3.05, 3.63) is 12.7 Å². The van der Waals surface area contributed by atoms with Crippen molar-refractivity contribution in [2.45, 2.75) is 49.7 Å². The fourth-order valence-electron chi connectivity index (χ4n) is 4.09. The van der Waals surface area contributed by atoms with E-state index in [0.29, 0.717) is 16.9 Å². The average molecular weight is 367 g/mol. The summed E-state index contributed by atoms with van der Waals surface area (Å²) in [7, 11) is 0. The second-order valence-electron chi connectivity index (χ2n) is 7.15. The Kier molecular flexibility index (Phi) is 3.42. The van der Waals surface area contributed by atoms with Gasteiger partial charge in [0.25, 0.3) is 0 Å². The van der Waals surface area contributed by atoms with E-state index in [1.54, 1.807) is 25.3 Å². The van der Waals surface area contributed by atoms with E-state index in [2.05, 4.69) is 15.0 Å². The second-order valence-corrected chi connectivity index (χ2v) is 8.50. The van der Waals surface area contributed by atoms with Gasteiger partial charge in [0.2, 0.25) is 0 Å². The van der Waals surface area contributed by atoms with Crippen molar-refractivity contribution in [3.63, 3.8) is 0 Å². The number of fused-ring (bicyclic) bond motifs is 2. The van der Waals surface area contributed by atoms with Gasteiger partial charge in [-0.2, -0.15) is 0 Å². The number of imidazole rings is 1. The summed E-state index contributed by atoms with van der Waals surface area (Å²) >= 11 is 1.25. The maximum atomic E-state index is 11.3. The van der Waals surface area contributed by atoms with Crippen LogP contribution < -0.4 is 5.73 Å². The second kappa shape index (κ2) is 5.04. The lowest BCUT2D eigenvalue weighted by atomic mass is 10.0. The first kappa shape index (κ1) is 17.0. The zero-order chi connectivity index (χ0) is 18.2. The third-order valence-corrected chi connectivity index (χ3v) is 6.65. The summed E-state index contributed by atoms with van der Waals surface area (Å²) in [6, 6.07) is 0. The molecule has 9 nitrogen and oxygen atoms in total. The van der Waals surface area contributed by atoms with Crippen LogP contribution in [0.1, 0.15) is 27.0 Å². The van der Waals surface area contributed by atoms with Crippen molar-refractivity contribution >= 4 is 28.7 Å². The highest BCUT2D eigenvalue weighted by Gasteiger charge is 2.92. The zero-order valence-corrected chi connectivity index (χ0v) is 14.9. The van der Waals surface area contributed by atoms with Crippen LogP contribution in [0.3, 0.4) is 0 Å². The first-order chi connectivity index (χ1) is 11.7. The molecule has 25 heavy (non-hydrogen) atoms. The summed E-state index contributed by atoms with van der Waals surface area (Å²) in [5.74, 6) is 0.584. The number of aliphatic hydroxyl groups is 3. The number of aliphatic hydroxyl groups excluding tert-OH is 1. The number of rotatable bonds is 4. The lowest BCUT2D eigenvalue weighted by molar-refractivity contribution is -0.103. The third-order valence-electron chi connectivity index (χ3n) is 5.67. The molecule has 1 aliphatic carbocycles. The van der Waals surface area contributed by atoms with E-state index in [9.17, 15) is 15.3 Å². The van der Waals surface area contributed by atoms with Gasteiger partial charge in [-0.1, -0.05) is 13.8 Å². The molecule has 1 unspecified atom stereocenters. The smallest absolute Gasteiger partial charge is 0.169 e. The number of aromatic nitrogens is 4. The van der Waals surface area contributed by atoms with Crippen LogP contribution in [0.4, 0.5) is 5.82 Å². The van der Waals surface area contributed by atoms with Gasteiger partial charge in [0, 0.05) is 11.2 Å². The van der Waals surface area contributed by atoms with E-state index < -0.39 is 34.4 Å². The SMILES string of the molecule is CC(O)SC[C@H]1O[C@@H](n2cnc3c(N)ncnc32)[C@]2(O)C(C)(C)[C@]12O. The topological polar surface area (TPSA) is 140 Å². The van der Waals surface area contributed by atoms with Gasteiger partial charge < -0.3 is 25.8 Å². The molecule has 136 valence electrons. The number of hydrogen-bond donors (Lipinski definition) is 4. The number of nitrogens with two attached hydrogens (primary N) is 1. The van der Waals surface area contributed by atoms with Crippen LogP contribution in [-0.2, 0) is 4.74 Å². The molecule has 2 aromatic rings. The lowest BCUT2D eigenvalue weighted by Crippen LogP contribution is -2.35. The summed E-state index contributed by atoms with van der Waals surface area (Å²) in [4.78, 5) is 12.3. The largest absolute Gasteiger partial charge is 0.383 e. The predicted octanol–water partition coefficient (Wildman–Crippen LogP) is -0.121. The van der Waals surface area contributed by atoms with Crippen molar-refractivity contribution in [1.29, 1.82) is 0 Å². The molecular weight excluding hydrogens is 346 g/mol. The van der Waals surface area contributed by atoms with Gasteiger partial charge >= 0.3 is 0 Å². The van der Waals surface area contributed by atoms with Crippen LogP contribution >= 0.6 is 11.8 Å². The van der Waals surface area contributed by atoms with Crippen LogP contribution in [0.25, 0.3) is 11.2 Å². The fraction of sp³-hybridized carbons (Fsp3) is 0.667. The van der Waals surface area contributed by atoms with E-state index in [4.69, 9.17) is 10.5 Å². The van der Waals surface area contributed by atoms with E-state index in [1.807, 2.05) is 0 Å². The Morgan fingerprint density at radius 3 is 2.72 bits per heavy atom. The first-order valence-corrected chi connectivity index (χ1v) is 9.04. The number of anilines is 1. The van der Waals surface area contributed by atoms with Crippen LogP contribution in [0.2, 0.25) is 0 Å². The monoisotopic (exact) mass is 367 g/mol. The van der Waals surface area contributed by atoms with Gasteiger partial charge in [0.05, 0.1) is 11.8 Å². The summed E-state index contributed by atoms with van der Waals surface area (Å²) in [5, 5.41) is 32.0. The molecule has 3 heterocycles. The maximum absolute atomic E-state index is 11.3. The Morgan fingerprint density at radius 1 is 1.32 bits per heavy atom. The van der Waals surface area contributed by atoms with Crippen molar-refractivity contribution in [2.75, 3.05) is 11.5 Å². The van der Waals surface area contributed by atoms with Crippen molar-refractivity contribution < 1.29 is 20.1 Å². The molecule has 1 saturated heterocycles. The Morgan fingerprint density at radius 2 is 2.04 bits per heavy atom. The molecule has 1 aliphatic heterocycles. The molecular formula is C15H21N5O4S. The molecule has 5 atom stereocenters. The number of ether oxygens (including phenoxy) is 1. The molecule has 10 heteroatoms. The molecule has 0 spiro atoms. The van der Waals surface area contributed by atoms with Gasteiger partial charge in [-0.3, -0.25) is 4.57 Å². The maximum Gasteiger partial charge on any atom is 0.169 e. The van der Waals surface area contributed by atoms with Crippen LogP contribution in [-0.4, -0.2) is 63.3 Å². The highest BCUT2D eigenvalue weighted by molar-refractivity contribution is 7.99. The Balaban J connectivity index is 1.76. The average Bonchev–Trinajstić information content (AvgIpc) is 2.92. The molecule has 4 rings (SSSR count). The minimum absolute atomic E-state index is 0.236. The highest BCUT2D eigenvalue weighted by Crippen LogP contribution is 2.75. The van der Waals surface area contributed by atoms with Crippen molar-refractivity contribution in [1.82, 2.24) is 19.5 Å². The van der Waals surface area contributed by atoms with Gasteiger partial charge in [-0.05, 0) is 6.92 Å². The van der Waals surface area contributed by atoms with Crippen LogP contribution in [0.15, 0.2) is 12.7 Å². The number of nitrogen functional groups attached to an aromatic ring is 1. The fourth-order valence-corrected chi connectivity index (χ4v) is 4.86. The standard InChI is InChI=1S/C15H21N5O4S/c1-7(21)25-4-8-14(22)13(2,3)15(14,23)12(24-8)20-6-19-9-10(16)17-5-18-11(9)20/h5-8,12,21-23H,4H2,1-3H3,(H2,16,17,18)/t7?,8-,12-,14-,15+/m1/s1. The molecule has 2 aromatic heterocycles. The van der Waals surface area contributed by atoms with E-state index in [1.165, 1.54) is 24.4 Å². The quantitative estimate of drug-likeness (QED) is 0.544. The molecule has 5 N–H and O–H groups in total. The van der Waals surface area contributed by atoms with Gasteiger partial charge in [-0.15, -0.1) is 11.8 Å². The van der Waals surface area contributed by atoms with E-state index in [-0.39, 0.29) is 5.82 Å². The summed E-state index contributed by atoms with van der Waals surface area (Å²) < 4.78 is 7.58. The Bertz CT molecular complexity index is 842. The normalized spacial score (nSPS) is 37.2. The number of nitrogens with zero attached hydrogens (tertiary/aromatic N) is 4. The number of thioether (sulfide) groups is 1. The van der Waals surface area contributed by atoms with Crippen molar-refractivity contribution in [2.24, 2.45) is 5.41 Å². The van der Waals surface area contributed by atoms with Crippen LogP contribution in [0.5, 0.6) is 0 Å². The summed E-state index contributed by atoms with van der Waals surface area (Å²) in [5.41, 5.74) is 2.35. The van der Waals surface area contributed by atoms with E-state index in [0.717, 1.165) is 0 Å². The predicted molar refractivity (Wildman–Crippen MR) is 91.5 cm³/mol. The highest BCUT2D eigenvalue weighted by atomic mass is 32.2. The minimum atomic E-state index is -1.50. The Hall–Kier alpha value is -1.46. The van der Waals surface area contributed by atoms with Gasteiger partial charge in [0.1, 0.15) is 29.2 Å². The zero-order valence-electron chi connectivity index (χ0n) is 14.1. The summed E-state index contributed by atoms with van der Waals surface area (Å²) in [6.45, 7) is 5.24. The number of hydrogen-bond acceptors (Lipinski definition) is 9. The molecule has 0 bridgehead atoms.